The Labute approximate surface area is 106 Å². The molecular weight excluding hydrogens is 266 g/mol. The van der Waals surface area contributed by atoms with Crippen molar-refractivity contribution < 1.29 is 4.74 Å². The summed E-state index contributed by atoms with van der Waals surface area (Å²) in [7, 11) is 0. The minimum Gasteiger partial charge on any atom is -0.491 e. The zero-order valence-electron chi connectivity index (χ0n) is 9.79. The van der Waals surface area contributed by atoms with Crippen molar-refractivity contribution in [3.63, 3.8) is 0 Å². The first-order valence-corrected chi connectivity index (χ1v) is 6.63. The molecule has 0 unspecified atom stereocenters. The molecule has 1 fully saturated rings. The Kier molecular flexibility index (Phi) is 3.87. The molecule has 0 heterocycles. The normalized spacial score (nSPS) is 15.5. The van der Waals surface area contributed by atoms with E-state index in [1.165, 1.54) is 18.4 Å². The Hall–Kier alpha value is -0.540. The molecular formula is C13H18BrNO. The van der Waals surface area contributed by atoms with E-state index >= 15 is 0 Å². The van der Waals surface area contributed by atoms with Gasteiger partial charge in [-0.2, -0.15) is 0 Å². The van der Waals surface area contributed by atoms with Crippen molar-refractivity contribution in [3.8, 4) is 5.75 Å². The molecule has 1 aliphatic carbocycles. The van der Waals surface area contributed by atoms with Gasteiger partial charge in [-0.3, -0.25) is 0 Å². The van der Waals surface area contributed by atoms with Crippen molar-refractivity contribution in [1.29, 1.82) is 0 Å². The maximum Gasteiger partial charge on any atom is 0.125 e. The molecule has 2 rings (SSSR count). The molecule has 1 aromatic carbocycles. The lowest BCUT2D eigenvalue weighted by Crippen LogP contribution is -2.17. The molecule has 0 atom stereocenters. The zero-order valence-corrected chi connectivity index (χ0v) is 11.4. The first kappa shape index (κ1) is 11.9. The Bertz CT molecular complexity index is 361. The lowest BCUT2D eigenvalue weighted by molar-refractivity contribution is 0.239. The summed E-state index contributed by atoms with van der Waals surface area (Å²) in [6.45, 7) is 5.01. The predicted octanol–water partition coefficient (Wildman–Crippen LogP) is 3.49. The lowest BCUT2D eigenvalue weighted by atomic mass is 10.2. The largest absolute Gasteiger partial charge is 0.491 e. The van der Waals surface area contributed by atoms with Crippen molar-refractivity contribution in [2.24, 2.45) is 0 Å². The van der Waals surface area contributed by atoms with Crippen LogP contribution in [-0.2, 0) is 6.54 Å². The van der Waals surface area contributed by atoms with Gasteiger partial charge in [0.25, 0.3) is 0 Å². The Balaban J connectivity index is 2.06. The minimum absolute atomic E-state index is 0.217. The Morgan fingerprint density at radius 1 is 1.44 bits per heavy atom. The molecule has 0 saturated heterocycles. The van der Waals surface area contributed by atoms with E-state index in [-0.39, 0.29) is 6.10 Å². The average Bonchev–Trinajstić information content (AvgIpc) is 2.99. The highest BCUT2D eigenvalue weighted by Crippen LogP contribution is 2.26. The quantitative estimate of drug-likeness (QED) is 0.893. The monoisotopic (exact) mass is 283 g/mol. The summed E-state index contributed by atoms with van der Waals surface area (Å²) >= 11 is 3.48. The van der Waals surface area contributed by atoms with Crippen LogP contribution in [0.25, 0.3) is 0 Å². The third-order valence-corrected chi connectivity index (χ3v) is 3.04. The first-order valence-electron chi connectivity index (χ1n) is 5.83. The van der Waals surface area contributed by atoms with Gasteiger partial charge in [-0.25, -0.2) is 0 Å². The standard InChI is InChI=1S/C13H18BrNO/c1-9(2)16-13-7-11(14)4-3-10(13)8-15-12-5-6-12/h3-4,7,9,12,15H,5-6,8H2,1-2H3. The fraction of sp³-hybridized carbons (Fsp3) is 0.538. The molecule has 1 aromatic rings. The summed E-state index contributed by atoms with van der Waals surface area (Å²) in [5.74, 6) is 0.984. The van der Waals surface area contributed by atoms with Crippen LogP contribution in [0.2, 0.25) is 0 Å². The third kappa shape index (κ3) is 3.49. The summed E-state index contributed by atoms with van der Waals surface area (Å²) < 4.78 is 6.88. The van der Waals surface area contributed by atoms with Crippen LogP contribution in [-0.4, -0.2) is 12.1 Å². The fourth-order valence-electron chi connectivity index (χ4n) is 1.58. The van der Waals surface area contributed by atoms with Gasteiger partial charge in [0.05, 0.1) is 6.10 Å². The van der Waals surface area contributed by atoms with Crippen molar-refractivity contribution in [3.05, 3.63) is 28.2 Å². The second-order valence-electron chi connectivity index (χ2n) is 4.57. The molecule has 2 nitrogen and oxygen atoms in total. The van der Waals surface area contributed by atoms with Crippen LogP contribution in [0.4, 0.5) is 0 Å². The molecule has 0 bridgehead atoms. The number of rotatable bonds is 5. The van der Waals surface area contributed by atoms with Crippen molar-refractivity contribution in [1.82, 2.24) is 5.32 Å². The second-order valence-corrected chi connectivity index (χ2v) is 5.49. The number of nitrogens with one attached hydrogen (secondary N) is 1. The highest BCUT2D eigenvalue weighted by atomic mass is 79.9. The number of hydrogen-bond donors (Lipinski definition) is 1. The van der Waals surface area contributed by atoms with E-state index in [0.717, 1.165) is 22.8 Å². The number of halogens is 1. The third-order valence-electron chi connectivity index (χ3n) is 2.55. The van der Waals surface area contributed by atoms with E-state index in [9.17, 15) is 0 Å². The molecule has 0 radical (unpaired) electrons. The number of ether oxygens (including phenoxy) is 1. The SMILES string of the molecule is CC(C)Oc1cc(Br)ccc1CNC1CC1. The lowest BCUT2D eigenvalue weighted by Gasteiger charge is -2.15. The maximum atomic E-state index is 5.81. The van der Waals surface area contributed by atoms with Gasteiger partial charge in [-0.15, -0.1) is 0 Å². The maximum absolute atomic E-state index is 5.81. The summed E-state index contributed by atoms with van der Waals surface area (Å²) in [4.78, 5) is 0. The van der Waals surface area contributed by atoms with E-state index in [4.69, 9.17) is 4.74 Å². The van der Waals surface area contributed by atoms with E-state index < -0.39 is 0 Å². The summed E-state index contributed by atoms with van der Waals surface area (Å²) in [5, 5.41) is 3.51. The summed E-state index contributed by atoms with van der Waals surface area (Å²) in [5.41, 5.74) is 1.24. The fourth-order valence-corrected chi connectivity index (χ4v) is 1.92. The second kappa shape index (κ2) is 5.19. The molecule has 16 heavy (non-hydrogen) atoms. The molecule has 0 aliphatic heterocycles. The highest BCUT2D eigenvalue weighted by Gasteiger charge is 2.20. The van der Waals surface area contributed by atoms with E-state index in [1.54, 1.807) is 0 Å². The van der Waals surface area contributed by atoms with Gasteiger partial charge in [0.15, 0.2) is 0 Å². The zero-order chi connectivity index (χ0) is 11.5. The van der Waals surface area contributed by atoms with Crippen molar-refractivity contribution in [2.45, 2.75) is 45.4 Å². The van der Waals surface area contributed by atoms with Crippen LogP contribution < -0.4 is 10.1 Å². The summed E-state index contributed by atoms with van der Waals surface area (Å²) in [6.07, 6.45) is 2.85. The van der Waals surface area contributed by atoms with Gasteiger partial charge in [0.2, 0.25) is 0 Å². The van der Waals surface area contributed by atoms with E-state index in [0.29, 0.717) is 0 Å². The van der Waals surface area contributed by atoms with E-state index in [2.05, 4.69) is 47.2 Å². The first-order chi connectivity index (χ1) is 7.65. The van der Waals surface area contributed by atoms with Gasteiger partial charge in [0, 0.05) is 22.6 Å². The molecule has 88 valence electrons. The van der Waals surface area contributed by atoms with Crippen LogP contribution >= 0.6 is 15.9 Å². The van der Waals surface area contributed by atoms with Gasteiger partial charge in [-0.05, 0) is 38.8 Å². The Morgan fingerprint density at radius 2 is 2.19 bits per heavy atom. The van der Waals surface area contributed by atoms with Gasteiger partial charge in [0.1, 0.15) is 5.75 Å². The Morgan fingerprint density at radius 3 is 2.81 bits per heavy atom. The van der Waals surface area contributed by atoms with Crippen molar-refractivity contribution in [2.75, 3.05) is 0 Å². The van der Waals surface area contributed by atoms with Crippen LogP contribution in [0.15, 0.2) is 22.7 Å². The van der Waals surface area contributed by atoms with Gasteiger partial charge < -0.3 is 10.1 Å². The van der Waals surface area contributed by atoms with Gasteiger partial charge in [-0.1, -0.05) is 22.0 Å². The van der Waals surface area contributed by atoms with E-state index in [1.807, 2.05) is 6.07 Å². The van der Waals surface area contributed by atoms with Crippen LogP contribution in [0.5, 0.6) is 5.75 Å². The molecule has 1 saturated carbocycles. The highest BCUT2D eigenvalue weighted by molar-refractivity contribution is 9.10. The van der Waals surface area contributed by atoms with Crippen LogP contribution in [0.3, 0.4) is 0 Å². The molecule has 0 aromatic heterocycles. The number of hydrogen-bond acceptors (Lipinski definition) is 2. The molecule has 0 spiro atoms. The van der Waals surface area contributed by atoms with Crippen LogP contribution in [0.1, 0.15) is 32.3 Å². The summed E-state index contributed by atoms with van der Waals surface area (Å²) in [6, 6.07) is 6.97. The van der Waals surface area contributed by atoms with Crippen molar-refractivity contribution >= 4 is 15.9 Å². The van der Waals surface area contributed by atoms with Gasteiger partial charge >= 0.3 is 0 Å². The predicted molar refractivity (Wildman–Crippen MR) is 69.8 cm³/mol. The molecule has 3 heteroatoms. The molecule has 1 aliphatic rings. The smallest absolute Gasteiger partial charge is 0.125 e. The molecule has 1 N–H and O–H groups in total. The minimum atomic E-state index is 0.217. The molecule has 0 amide bonds. The van der Waals surface area contributed by atoms with Crippen LogP contribution in [0, 0.1) is 0 Å². The average molecular weight is 284 g/mol. The topological polar surface area (TPSA) is 21.3 Å². The number of benzene rings is 1.